The molecule has 0 radical (unpaired) electrons. The number of hydrogen-bond acceptors (Lipinski definition) is 5. The van der Waals surface area contributed by atoms with Gasteiger partial charge in [0.05, 0.1) is 23.6 Å². The van der Waals surface area contributed by atoms with Crippen LogP contribution in [0.25, 0.3) is 5.69 Å². The highest BCUT2D eigenvalue weighted by atomic mass is 32.2. The van der Waals surface area contributed by atoms with Crippen LogP contribution in [-0.2, 0) is 39.1 Å². The Morgan fingerprint density at radius 1 is 0.917 bits per heavy atom. The van der Waals surface area contributed by atoms with Crippen molar-refractivity contribution in [2.75, 3.05) is 7.11 Å². The fourth-order valence-corrected chi connectivity index (χ4v) is 5.48. The smallest absolute Gasteiger partial charge is 0.308 e. The first-order chi connectivity index (χ1) is 17.4. The van der Waals surface area contributed by atoms with Crippen molar-refractivity contribution in [1.29, 1.82) is 0 Å². The molecule has 4 aromatic rings. The maximum absolute atomic E-state index is 13.6. The lowest BCUT2D eigenvalue weighted by atomic mass is 9.99. The van der Waals surface area contributed by atoms with Crippen molar-refractivity contribution in [3.63, 3.8) is 0 Å². The van der Waals surface area contributed by atoms with Crippen LogP contribution in [0.3, 0.4) is 0 Å². The minimum Gasteiger partial charge on any atom is -0.469 e. The van der Waals surface area contributed by atoms with Gasteiger partial charge in [-0.05, 0) is 53.4 Å². The van der Waals surface area contributed by atoms with Crippen LogP contribution in [0.5, 0.6) is 0 Å². The predicted molar refractivity (Wildman–Crippen MR) is 138 cm³/mol. The third-order valence-electron chi connectivity index (χ3n) is 5.94. The van der Waals surface area contributed by atoms with Gasteiger partial charge in [-0.15, -0.1) is 0 Å². The lowest BCUT2D eigenvalue weighted by Crippen LogP contribution is -2.30. The summed E-state index contributed by atoms with van der Waals surface area (Å²) < 4.78 is 35.3. The molecular formula is C28H29N3O4S. The molecule has 0 fully saturated rings. The van der Waals surface area contributed by atoms with Gasteiger partial charge in [-0.2, -0.15) is 9.40 Å². The number of rotatable bonds is 10. The molecule has 186 valence electrons. The maximum atomic E-state index is 13.6. The Balaban J connectivity index is 1.61. The summed E-state index contributed by atoms with van der Waals surface area (Å²) in [5.41, 5.74) is 3.55. The molecule has 3 aromatic carbocycles. The van der Waals surface area contributed by atoms with Crippen LogP contribution in [0.1, 0.15) is 23.6 Å². The van der Waals surface area contributed by atoms with E-state index in [9.17, 15) is 13.2 Å². The zero-order chi connectivity index (χ0) is 25.5. The van der Waals surface area contributed by atoms with Crippen molar-refractivity contribution in [1.82, 2.24) is 14.1 Å². The Kier molecular flexibility index (Phi) is 7.97. The molecule has 0 saturated heterocycles. The molecule has 0 aliphatic rings. The van der Waals surface area contributed by atoms with Crippen molar-refractivity contribution in [3.8, 4) is 5.69 Å². The van der Waals surface area contributed by atoms with E-state index in [0.29, 0.717) is 6.42 Å². The maximum Gasteiger partial charge on any atom is 0.308 e. The van der Waals surface area contributed by atoms with E-state index in [1.54, 1.807) is 41.2 Å². The molecule has 1 unspecified atom stereocenters. The van der Waals surface area contributed by atoms with Crippen LogP contribution in [0, 0.1) is 5.92 Å². The molecule has 8 heteroatoms. The molecule has 0 spiro atoms. The fraction of sp³-hybridized carbons (Fsp3) is 0.214. The molecule has 0 saturated carbocycles. The van der Waals surface area contributed by atoms with Crippen LogP contribution in [0.15, 0.2) is 102 Å². The molecular weight excluding hydrogens is 474 g/mol. The first-order valence-electron chi connectivity index (χ1n) is 11.7. The number of nitrogens with zero attached hydrogens (tertiary/aromatic N) is 3. The van der Waals surface area contributed by atoms with Crippen molar-refractivity contribution in [2.45, 2.75) is 31.3 Å². The molecule has 7 nitrogen and oxygen atoms in total. The zero-order valence-corrected chi connectivity index (χ0v) is 21.1. The summed E-state index contributed by atoms with van der Waals surface area (Å²) in [5, 5.41) is 4.24. The average molecular weight is 504 g/mol. The molecule has 1 atom stereocenters. The summed E-state index contributed by atoms with van der Waals surface area (Å²) >= 11 is 0. The van der Waals surface area contributed by atoms with Gasteiger partial charge in [0.2, 0.25) is 10.0 Å². The van der Waals surface area contributed by atoms with E-state index >= 15 is 0 Å². The summed E-state index contributed by atoms with van der Waals surface area (Å²) in [4.78, 5) is 12.1. The van der Waals surface area contributed by atoms with Crippen LogP contribution in [0.4, 0.5) is 0 Å². The third-order valence-corrected chi connectivity index (χ3v) is 7.75. The van der Waals surface area contributed by atoms with Crippen molar-refractivity contribution < 1.29 is 17.9 Å². The monoisotopic (exact) mass is 503 g/mol. The highest BCUT2D eigenvalue weighted by Gasteiger charge is 2.25. The second-order valence-corrected chi connectivity index (χ2v) is 10.6. The topological polar surface area (TPSA) is 81.5 Å². The summed E-state index contributed by atoms with van der Waals surface area (Å²) in [7, 11) is -2.38. The standard InChI is InChI=1S/C28H29N3O4S/c1-22(28(32)35-2)18-24-8-6-9-25(19-24)21-30(36(33,34)27-10-4-3-5-11-27)20-23-12-14-26(15-13-23)31-17-7-16-29-31/h3-17,19,22H,18,20-21H2,1-2H3. The van der Waals surface area contributed by atoms with E-state index in [2.05, 4.69) is 5.10 Å². The number of aromatic nitrogens is 2. The largest absolute Gasteiger partial charge is 0.469 e. The Morgan fingerprint density at radius 3 is 2.28 bits per heavy atom. The van der Waals surface area contributed by atoms with Crippen LogP contribution >= 0.6 is 0 Å². The van der Waals surface area contributed by atoms with Gasteiger partial charge in [-0.1, -0.05) is 61.5 Å². The minimum absolute atomic E-state index is 0.193. The molecule has 0 N–H and O–H groups in total. The van der Waals surface area contributed by atoms with Crippen LogP contribution in [-0.4, -0.2) is 35.6 Å². The van der Waals surface area contributed by atoms with Gasteiger partial charge >= 0.3 is 5.97 Å². The second-order valence-electron chi connectivity index (χ2n) is 8.65. The van der Waals surface area contributed by atoms with Gasteiger partial charge < -0.3 is 4.74 Å². The number of carbonyl (C=O) groups excluding carboxylic acids is 1. The number of ether oxygens (including phenoxy) is 1. The molecule has 0 aliphatic heterocycles. The highest BCUT2D eigenvalue weighted by molar-refractivity contribution is 7.89. The zero-order valence-electron chi connectivity index (χ0n) is 20.3. The fourth-order valence-electron chi connectivity index (χ4n) is 4.04. The van der Waals surface area contributed by atoms with E-state index in [1.165, 1.54) is 11.4 Å². The number of methoxy groups -OCH3 is 1. The van der Waals surface area contributed by atoms with Gasteiger partial charge in [0, 0.05) is 25.5 Å². The normalized spacial score (nSPS) is 12.4. The molecule has 4 rings (SSSR count). The van der Waals surface area contributed by atoms with Crippen molar-refractivity contribution in [2.24, 2.45) is 5.92 Å². The third kappa shape index (κ3) is 6.08. The minimum atomic E-state index is -3.76. The van der Waals surface area contributed by atoms with Crippen LogP contribution in [0.2, 0.25) is 0 Å². The lowest BCUT2D eigenvalue weighted by Gasteiger charge is -2.23. The molecule has 1 aromatic heterocycles. The highest BCUT2D eigenvalue weighted by Crippen LogP contribution is 2.23. The van der Waals surface area contributed by atoms with Crippen LogP contribution < -0.4 is 0 Å². The molecule has 0 amide bonds. The Bertz CT molecular complexity index is 1390. The van der Waals surface area contributed by atoms with E-state index in [0.717, 1.165) is 22.4 Å². The van der Waals surface area contributed by atoms with Crippen molar-refractivity contribution >= 4 is 16.0 Å². The number of hydrogen-bond donors (Lipinski definition) is 0. The number of sulfonamides is 1. The predicted octanol–water partition coefficient (Wildman–Crippen LogP) is 4.62. The molecule has 0 bridgehead atoms. The number of benzene rings is 3. The Labute approximate surface area is 212 Å². The molecule has 36 heavy (non-hydrogen) atoms. The Morgan fingerprint density at radius 2 is 1.61 bits per heavy atom. The average Bonchev–Trinajstić information content (AvgIpc) is 3.44. The van der Waals surface area contributed by atoms with Gasteiger partial charge in [0.25, 0.3) is 0 Å². The molecule has 0 aliphatic carbocycles. The summed E-state index contributed by atoms with van der Waals surface area (Å²) in [6.45, 7) is 2.22. The van der Waals surface area contributed by atoms with E-state index < -0.39 is 10.0 Å². The summed E-state index contributed by atoms with van der Waals surface area (Å²) in [6.07, 6.45) is 4.08. The second kappa shape index (κ2) is 11.3. The lowest BCUT2D eigenvalue weighted by molar-refractivity contribution is -0.144. The van der Waals surface area contributed by atoms with Gasteiger partial charge in [-0.25, -0.2) is 13.1 Å². The quantitative estimate of drug-likeness (QED) is 0.295. The first-order valence-corrected chi connectivity index (χ1v) is 13.1. The van der Waals surface area contributed by atoms with E-state index in [1.807, 2.05) is 67.7 Å². The van der Waals surface area contributed by atoms with Gasteiger partial charge in [0.15, 0.2) is 0 Å². The van der Waals surface area contributed by atoms with E-state index in [-0.39, 0.29) is 29.9 Å². The van der Waals surface area contributed by atoms with Crippen molar-refractivity contribution in [3.05, 3.63) is 114 Å². The molecule has 1 heterocycles. The number of carbonyl (C=O) groups is 1. The Hall–Kier alpha value is -3.75. The number of esters is 1. The van der Waals surface area contributed by atoms with Gasteiger partial charge in [-0.3, -0.25) is 4.79 Å². The van der Waals surface area contributed by atoms with Gasteiger partial charge in [0.1, 0.15) is 0 Å². The first kappa shape index (κ1) is 25.3. The SMILES string of the molecule is COC(=O)C(C)Cc1cccc(CN(Cc2ccc(-n3cccn3)cc2)S(=O)(=O)c2ccccc2)c1. The van der Waals surface area contributed by atoms with E-state index in [4.69, 9.17) is 4.74 Å². The summed E-state index contributed by atoms with van der Waals surface area (Å²) in [6, 6.07) is 25.7. The summed E-state index contributed by atoms with van der Waals surface area (Å²) in [5.74, 6) is -0.560.